The van der Waals surface area contributed by atoms with E-state index in [-0.39, 0.29) is 23.6 Å². The fourth-order valence-corrected chi connectivity index (χ4v) is 4.01. The van der Waals surface area contributed by atoms with Gasteiger partial charge in [0, 0.05) is 12.7 Å². The van der Waals surface area contributed by atoms with Crippen LogP contribution in [0, 0.1) is 0 Å². The van der Waals surface area contributed by atoms with Gasteiger partial charge in [-0.2, -0.15) is 8.42 Å². The SMILES string of the molecule is CS(=O)(=O)CCC/C(=N/OS(=O)(=O)O)S[C@@H]1O[C@H](CO)[C@H](O)[C@H](O)[C@@H]1O. The highest BCUT2D eigenvalue weighted by molar-refractivity contribution is 8.14. The molecule has 1 aliphatic rings. The lowest BCUT2D eigenvalue weighted by molar-refractivity contribution is -0.205. The monoisotopic (exact) mass is 439 g/mol. The Morgan fingerprint density at radius 3 is 2.27 bits per heavy atom. The van der Waals surface area contributed by atoms with Crippen LogP contribution in [0.3, 0.4) is 0 Å². The van der Waals surface area contributed by atoms with Gasteiger partial charge in [-0.05, 0) is 6.42 Å². The molecule has 0 aromatic heterocycles. The summed E-state index contributed by atoms with van der Waals surface area (Å²) in [7, 11) is -8.21. The molecule has 0 saturated carbocycles. The van der Waals surface area contributed by atoms with E-state index in [2.05, 4.69) is 9.44 Å². The van der Waals surface area contributed by atoms with Gasteiger partial charge in [0.25, 0.3) is 0 Å². The molecule has 1 saturated heterocycles. The Bertz CT molecular complexity index is 690. The Balaban J connectivity index is 2.88. The van der Waals surface area contributed by atoms with Crippen LogP contribution in [0.4, 0.5) is 0 Å². The van der Waals surface area contributed by atoms with Gasteiger partial charge >= 0.3 is 10.4 Å². The van der Waals surface area contributed by atoms with Gasteiger partial charge in [0.15, 0.2) is 0 Å². The lowest BCUT2D eigenvalue weighted by Crippen LogP contribution is -2.57. The van der Waals surface area contributed by atoms with E-state index in [1.807, 2.05) is 0 Å². The first-order valence-corrected chi connectivity index (χ1v) is 11.5. The zero-order valence-corrected chi connectivity index (χ0v) is 16.0. The summed E-state index contributed by atoms with van der Waals surface area (Å²) in [4.78, 5) is 0. The molecule has 1 heterocycles. The van der Waals surface area contributed by atoms with Crippen LogP contribution < -0.4 is 0 Å². The van der Waals surface area contributed by atoms with Crippen molar-refractivity contribution in [3.63, 3.8) is 0 Å². The van der Waals surface area contributed by atoms with Gasteiger partial charge in [-0.1, -0.05) is 16.9 Å². The van der Waals surface area contributed by atoms with Gasteiger partial charge in [0.1, 0.15) is 44.7 Å². The van der Waals surface area contributed by atoms with E-state index in [1.165, 1.54) is 0 Å². The third-order valence-electron chi connectivity index (χ3n) is 3.24. The quantitative estimate of drug-likeness (QED) is 0.115. The summed E-state index contributed by atoms with van der Waals surface area (Å²) in [6.45, 7) is -0.663. The number of rotatable bonds is 8. The summed E-state index contributed by atoms with van der Waals surface area (Å²) in [6, 6.07) is 0. The second-order valence-corrected chi connectivity index (χ2v) is 9.97. The topological polar surface area (TPSA) is 200 Å². The molecule has 1 rings (SSSR count). The van der Waals surface area contributed by atoms with Crippen molar-refractivity contribution in [2.24, 2.45) is 5.16 Å². The second-order valence-electron chi connectivity index (χ2n) is 5.54. The van der Waals surface area contributed by atoms with Gasteiger partial charge in [0.2, 0.25) is 0 Å². The number of oxime groups is 1. The normalized spacial score (nSPS) is 31.0. The number of hydrogen-bond donors (Lipinski definition) is 5. The van der Waals surface area contributed by atoms with Crippen molar-refractivity contribution >= 4 is 37.0 Å². The van der Waals surface area contributed by atoms with Crippen LogP contribution in [0.5, 0.6) is 0 Å². The first-order valence-electron chi connectivity index (χ1n) is 7.22. The summed E-state index contributed by atoms with van der Waals surface area (Å²) >= 11 is 0.590. The minimum absolute atomic E-state index is 0.0247. The largest absolute Gasteiger partial charge is 0.466 e. The highest BCUT2D eigenvalue weighted by Crippen LogP contribution is 2.30. The van der Waals surface area contributed by atoms with E-state index in [4.69, 9.17) is 14.4 Å². The first-order chi connectivity index (χ1) is 11.8. The van der Waals surface area contributed by atoms with E-state index in [9.17, 15) is 32.2 Å². The molecule has 0 unspecified atom stereocenters. The number of aliphatic hydroxyl groups is 4. The predicted molar refractivity (Wildman–Crippen MR) is 90.4 cm³/mol. The maximum absolute atomic E-state index is 11.2. The zero-order valence-electron chi connectivity index (χ0n) is 13.6. The van der Waals surface area contributed by atoms with Crippen molar-refractivity contribution in [1.29, 1.82) is 0 Å². The molecule has 26 heavy (non-hydrogen) atoms. The molecule has 0 aliphatic carbocycles. The van der Waals surface area contributed by atoms with Crippen molar-refractivity contribution in [2.75, 3.05) is 18.6 Å². The first kappa shape index (κ1) is 23.5. The third-order valence-corrected chi connectivity index (χ3v) is 5.71. The molecule has 0 spiro atoms. The maximum Gasteiger partial charge on any atom is 0.466 e. The molecule has 154 valence electrons. The Morgan fingerprint density at radius 1 is 1.15 bits per heavy atom. The summed E-state index contributed by atoms with van der Waals surface area (Å²) in [5.41, 5.74) is -1.27. The lowest BCUT2D eigenvalue weighted by Gasteiger charge is -2.39. The Labute approximate surface area is 154 Å². The molecule has 1 fully saturated rings. The Kier molecular flexibility index (Phi) is 8.69. The molecular formula is C11H21NO11S3. The number of thioether (sulfide) groups is 1. The van der Waals surface area contributed by atoms with E-state index in [0.29, 0.717) is 11.8 Å². The van der Waals surface area contributed by atoms with Crippen LogP contribution in [-0.4, -0.2) is 95.3 Å². The van der Waals surface area contributed by atoms with E-state index < -0.39 is 56.7 Å². The van der Waals surface area contributed by atoms with Crippen LogP contribution in [0.15, 0.2) is 5.16 Å². The van der Waals surface area contributed by atoms with Crippen LogP contribution in [0.2, 0.25) is 0 Å². The number of sulfone groups is 1. The molecule has 0 amide bonds. The smallest absolute Gasteiger partial charge is 0.394 e. The van der Waals surface area contributed by atoms with Crippen molar-refractivity contribution in [3.05, 3.63) is 0 Å². The molecule has 0 aromatic rings. The van der Waals surface area contributed by atoms with Gasteiger partial charge in [-0.3, -0.25) is 4.55 Å². The van der Waals surface area contributed by atoms with Gasteiger partial charge < -0.3 is 25.2 Å². The molecule has 0 bridgehead atoms. The number of hydrogen-bond acceptors (Lipinski definition) is 12. The summed E-state index contributed by atoms with van der Waals surface area (Å²) in [5, 5.41) is 41.6. The minimum atomic E-state index is -4.91. The van der Waals surface area contributed by atoms with E-state index in [0.717, 1.165) is 6.26 Å². The molecule has 0 aromatic carbocycles. The van der Waals surface area contributed by atoms with Gasteiger partial charge in [-0.25, -0.2) is 12.7 Å². The fraction of sp³-hybridized carbons (Fsp3) is 0.909. The zero-order chi connectivity index (χ0) is 20.1. The Hall–Kier alpha value is -0.520. The third kappa shape index (κ3) is 8.01. The van der Waals surface area contributed by atoms with Crippen LogP contribution in [-0.2, 0) is 29.3 Å². The van der Waals surface area contributed by atoms with Crippen molar-refractivity contribution < 1.29 is 50.8 Å². The molecule has 0 radical (unpaired) electrons. The van der Waals surface area contributed by atoms with Gasteiger partial charge in [0.05, 0.1) is 12.4 Å². The van der Waals surface area contributed by atoms with E-state index in [1.54, 1.807) is 0 Å². The summed E-state index contributed by atoms with van der Waals surface area (Å²) < 4.78 is 61.4. The van der Waals surface area contributed by atoms with E-state index >= 15 is 0 Å². The maximum atomic E-state index is 11.2. The number of nitrogens with zero attached hydrogens (tertiary/aromatic N) is 1. The second kappa shape index (κ2) is 9.61. The minimum Gasteiger partial charge on any atom is -0.394 e. The van der Waals surface area contributed by atoms with Crippen molar-refractivity contribution in [1.82, 2.24) is 0 Å². The molecule has 5 atom stereocenters. The molecular weight excluding hydrogens is 418 g/mol. The highest BCUT2D eigenvalue weighted by atomic mass is 32.3. The van der Waals surface area contributed by atoms with Gasteiger partial charge in [-0.15, -0.1) is 0 Å². The fourth-order valence-electron chi connectivity index (χ4n) is 2.00. The van der Waals surface area contributed by atoms with Crippen LogP contribution in [0.25, 0.3) is 0 Å². The summed E-state index contributed by atoms with van der Waals surface area (Å²) in [5.74, 6) is -0.243. The average Bonchev–Trinajstić information content (AvgIpc) is 2.50. The van der Waals surface area contributed by atoms with Crippen LogP contribution >= 0.6 is 11.8 Å². The van der Waals surface area contributed by atoms with Crippen molar-refractivity contribution in [3.8, 4) is 0 Å². The standard InChI is InChI=1S/C11H21NO11S3/c1-25(17,18)4-2-3-7(12-23-26(19,20)21)24-11-10(16)9(15)8(14)6(5-13)22-11/h6,8-11,13-16H,2-5H2,1H3,(H,19,20,21)/b12-7-/t6-,8+,9+,10+,11+/m1/s1. The number of aliphatic hydroxyl groups excluding tert-OH is 4. The molecule has 12 nitrogen and oxygen atoms in total. The molecule has 15 heteroatoms. The summed E-state index contributed by atoms with van der Waals surface area (Å²) in [6.07, 6.45) is -5.12. The number of ether oxygens (including phenoxy) is 1. The van der Waals surface area contributed by atoms with Crippen molar-refractivity contribution in [2.45, 2.75) is 42.7 Å². The Morgan fingerprint density at radius 2 is 1.77 bits per heavy atom. The highest BCUT2D eigenvalue weighted by Gasteiger charge is 2.44. The lowest BCUT2D eigenvalue weighted by atomic mass is 10.0. The molecule has 1 aliphatic heterocycles. The van der Waals surface area contributed by atoms with Crippen LogP contribution in [0.1, 0.15) is 12.8 Å². The molecule has 5 N–H and O–H groups in total. The predicted octanol–water partition coefficient (Wildman–Crippen LogP) is -2.52. The average molecular weight is 439 g/mol.